The third-order valence-electron chi connectivity index (χ3n) is 5.21. The highest BCUT2D eigenvalue weighted by Crippen LogP contribution is 2.18. The van der Waals surface area contributed by atoms with Gasteiger partial charge in [-0.05, 0) is 43.0 Å². The molecule has 7 nitrogen and oxygen atoms in total. The standard InChI is InChI=1S/C21H28N4O3/c1-24-18(10-12-22-24)7-8-20(26)23-17-6-9-21(27)25(13-11-17)15-16-4-3-5-19(14-16)28-2/h3-5,10,12,14,17H,6-9,11,13,15H2,1-2H3,(H,23,26). The molecule has 3 rings (SSSR count). The molecule has 28 heavy (non-hydrogen) atoms. The first-order valence-electron chi connectivity index (χ1n) is 9.72. The molecule has 1 aliphatic rings. The van der Waals surface area contributed by atoms with E-state index in [0.717, 1.165) is 23.4 Å². The van der Waals surface area contributed by atoms with Crippen molar-refractivity contribution in [2.45, 2.75) is 44.7 Å². The van der Waals surface area contributed by atoms with Crippen molar-refractivity contribution < 1.29 is 14.3 Å². The van der Waals surface area contributed by atoms with E-state index >= 15 is 0 Å². The first-order valence-corrected chi connectivity index (χ1v) is 9.72. The normalized spacial score (nSPS) is 17.3. The summed E-state index contributed by atoms with van der Waals surface area (Å²) < 4.78 is 7.04. The van der Waals surface area contributed by atoms with Crippen molar-refractivity contribution in [3.8, 4) is 5.75 Å². The van der Waals surface area contributed by atoms with Gasteiger partial charge in [-0.15, -0.1) is 0 Å². The van der Waals surface area contributed by atoms with Crippen molar-refractivity contribution in [1.82, 2.24) is 20.0 Å². The second-order valence-electron chi connectivity index (χ2n) is 7.20. The molecule has 7 heteroatoms. The molecule has 0 spiro atoms. The Labute approximate surface area is 165 Å². The van der Waals surface area contributed by atoms with Gasteiger partial charge in [-0.3, -0.25) is 14.3 Å². The van der Waals surface area contributed by atoms with Crippen LogP contribution in [0.1, 0.15) is 36.9 Å². The fourth-order valence-electron chi connectivity index (χ4n) is 3.53. The number of benzene rings is 1. The van der Waals surface area contributed by atoms with Crippen molar-refractivity contribution >= 4 is 11.8 Å². The quantitative estimate of drug-likeness (QED) is 0.793. The fourth-order valence-corrected chi connectivity index (χ4v) is 3.53. The lowest BCUT2D eigenvalue weighted by Crippen LogP contribution is -2.36. The van der Waals surface area contributed by atoms with Gasteiger partial charge in [0.2, 0.25) is 11.8 Å². The summed E-state index contributed by atoms with van der Waals surface area (Å²) in [6, 6.07) is 9.74. The minimum absolute atomic E-state index is 0.0277. The van der Waals surface area contributed by atoms with Gasteiger partial charge < -0.3 is 15.0 Å². The van der Waals surface area contributed by atoms with Gasteiger partial charge in [-0.1, -0.05) is 12.1 Å². The molecule has 0 saturated carbocycles. The number of hydrogen-bond donors (Lipinski definition) is 1. The SMILES string of the molecule is COc1cccc(CN2CCC(NC(=O)CCc3ccnn3C)CCC2=O)c1. The van der Waals surface area contributed by atoms with Crippen LogP contribution < -0.4 is 10.1 Å². The molecule has 0 radical (unpaired) electrons. The molecule has 2 amide bonds. The van der Waals surface area contributed by atoms with E-state index in [4.69, 9.17) is 4.74 Å². The molecule has 1 aromatic carbocycles. The number of nitrogens with zero attached hydrogens (tertiary/aromatic N) is 3. The number of rotatable bonds is 7. The summed E-state index contributed by atoms with van der Waals surface area (Å²) in [6.45, 7) is 1.21. The van der Waals surface area contributed by atoms with Crippen LogP contribution in [-0.2, 0) is 29.6 Å². The van der Waals surface area contributed by atoms with Crippen molar-refractivity contribution in [2.75, 3.05) is 13.7 Å². The zero-order valence-electron chi connectivity index (χ0n) is 16.6. The molecular weight excluding hydrogens is 356 g/mol. The number of nitrogens with one attached hydrogen (secondary N) is 1. The zero-order valence-corrected chi connectivity index (χ0v) is 16.6. The number of carbonyl (C=O) groups is 2. The van der Waals surface area contributed by atoms with E-state index in [1.165, 1.54) is 0 Å². The van der Waals surface area contributed by atoms with Crippen LogP contribution >= 0.6 is 0 Å². The Morgan fingerprint density at radius 2 is 2.18 bits per heavy atom. The van der Waals surface area contributed by atoms with Crippen molar-refractivity contribution in [3.05, 3.63) is 47.8 Å². The molecule has 2 aromatic rings. The third-order valence-corrected chi connectivity index (χ3v) is 5.21. The van der Waals surface area contributed by atoms with Crippen LogP contribution in [-0.4, -0.2) is 46.2 Å². The summed E-state index contributed by atoms with van der Waals surface area (Å²) in [5.41, 5.74) is 2.09. The van der Waals surface area contributed by atoms with Crippen LogP contribution in [0.25, 0.3) is 0 Å². The number of likely N-dealkylation sites (tertiary alicyclic amines) is 1. The minimum atomic E-state index is 0.0277. The Morgan fingerprint density at radius 3 is 2.93 bits per heavy atom. The van der Waals surface area contributed by atoms with E-state index in [-0.39, 0.29) is 17.9 Å². The van der Waals surface area contributed by atoms with Crippen LogP contribution in [0, 0.1) is 0 Å². The van der Waals surface area contributed by atoms with Gasteiger partial charge in [0.25, 0.3) is 0 Å². The van der Waals surface area contributed by atoms with E-state index in [0.29, 0.717) is 38.8 Å². The number of aromatic nitrogens is 2. The Hall–Kier alpha value is -2.83. The highest BCUT2D eigenvalue weighted by atomic mass is 16.5. The Bertz CT molecular complexity index is 817. The first kappa shape index (κ1) is 19.9. The van der Waals surface area contributed by atoms with Crippen LogP contribution in [0.15, 0.2) is 36.5 Å². The maximum atomic E-state index is 12.5. The largest absolute Gasteiger partial charge is 0.497 e. The summed E-state index contributed by atoms with van der Waals surface area (Å²) in [5, 5.41) is 7.22. The number of carbonyl (C=O) groups excluding carboxylic acids is 2. The van der Waals surface area contributed by atoms with E-state index in [2.05, 4.69) is 10.4 Å². The highest BCUT2D eigenvalue weighted by molar-refractivity contribution is 5.78. The molecule has 1 atom stereocenters. The number of methoxy groups -OCH3 is 1. The monoisotopic (exact) mass is 384 g/mol. The lowest BCUT2D eigenvalue weighted by Gasteiger charge is -2.21. The van der Waals surface area contributed by atoms with Gasteiger partial charge in [-0.2, -0.15) is 5.10 Å². The predicted molar refractivity (Wildman–Crippen MR) is 106 cm³/mol. The summed E-state index contributed by atoms with van der Waals surface area (Å²) in [6.07, 6.45) is 4.74. The number of ether oxygens (including phenoxy) is 1. The lowest BCUT2D eigenvalue weighted by atomic mass is 10.1. The molecular formula is C21H28N4O3. The van der Waals surface area contributed by atoms with Gasteiger partial charge >= 0.3 is 0 Å². The molecule has 1 fully saturated rings. The molecule has 1 aromatic heterocycles. The predicted octanol–water partition coefficient (Wildman–Crippen LogP) is 2.06. The molecule has 150 valence electrons. The molecule has 0 aliphatic carbocycles. The second-order valence-corrected chi connectivity index (χ2v) is 7.20. The van der Waals surface area contributed by atoms with Gasteiger partial charge in [0.15, 0.2) is 0 Å². The summed E-state index contributed by atoms with van der Waals surface area (Å²) >= 11 is 0. The maximum Gasteiger partial charge on any atom is 0.222 e. The average molecular weight is 384 g/mol. The molecule has 1 aliphatic heterocycles. The summed E-state index contributed by atoms with van der Waals surface area (Å²) in [7, 11) is 3.51. The van der Waals surface area contributed by atoms with Gasteiger partial charge in [0.1, 0.15) is 5.75 Å². The van der Waals surface area contributed by atoms with Crippen molar-refractivity contribution in [2.24, 2.45) is 7.05 Å². The summed E-state index contributed by atoms with van der Waals surface area (Å²) in [4.78, 5) is 26.7. The van der Waals surface area contributed by atoms with E-state index in [1.807, 2.05) is 42.3 Å². The van der Waals surface area contributed by atoms with Crippen LogP contribution in [0.3, 0.4) is 0 Å². The van der Waals surface area contributed by atoms with Gasteiger partial charge in [0.05, 0.1) is 7.11 Å². The van der Waals surface area contributed by atoms with Crippen LogP contribution in [0.5, 0.6) is 5.75 Å². The fraction of sp³-hybridized carbons (Fsp3) is 0.476. The van der Waals surface area contributed by atoms with Crippen LogP contribution in [0.4, 0.5) is 0 Å². The van der Waals surface area contributed by atoms with E-state index in [1.54, 1.807) is 18.0 Å². The Kier molecular flexibility index (Phi) is 6.68. The molecule has 0 bridgehead atoms. The molecule has 1 unspecified atom stereocenters. The molecule has 1 N–H and O–H groups in total. The van der Waals surface area contributed by atoms with Crippen molar-refractivity contribution in [3.63, 3.8) is 0 Å². The Morgan fingerprint density at radius 1 is 1.32 bits per heavy atom. The second kappa shape index (κ2) is 9.39. The molecule has 2 heterocycles. The average Bonchev–Trinajstić information content (AvgIpc) is 3.04. The zero-order chi connectivity index (χ0) is 19.9. The van der Waals surface area contributed by atoms with Crippen LogP contribution in [0.2, 0.25) is 0 Å². The lowest BCUT2D eigenvalue weighted by molar-refractivity contribution is -0.131. The van der Waals surface area contributed by atoms with Gasteiger partial charge in [0, 0.05) is 50.9 Å². The number of hydrogen-bond acceptors (Lipinski definition) is 4. The highest BCUT2D eigenvalue weighted by Gasteiger charge is 2.23. The minimum Gasteiger partial charge on any atom is -0.497 e. The topological polar surface area (TPSA) is 76.5 Å². The van der Waals surface area contributed by atoms with E-state index < -0.39 is 0 Å². The molecule has 1 saturated heterocycles. The number of amides is 2. The number of aryl methyl sites for hydroxylation is 2. The first-order chi connectivity index (χ1) is 13.5. The maximum absolute atomic E-state index is 12.5. The van der Waals surface area contributed by atoms with Crippen molar-refractivity contribution in [1.29, 1.82) is 0 Å². The smallest absolute Gasteiger partial charge is 0.222 e. The van der Waals surface area contributed by atoms with Gasteiger partial charge in [-0.25, -0.2) is 0 Å². The Balaban J connectivity index is 1.49. The third kappa shape index (κ3) is 5.34. The van der Waals surface area contributed by atoms with E-state index in [9.17, 15) is 9.59 Å². The summed E-state index contributed by atoms with van der Waals surface area (Å²) in [5.74, 6) is 0.952.